The van der Waals surface area contributed by atoms with Crippen molar-refractivity contribution < 1.29 is 9.90 Å². The predicted octanol–water partition coefficient (Wildman–Crippen LogP) is 3.42. The highest BCUT2D eigenvalue weighted by molar-refractivity contribution is 6.30. The molecular weight excluding hydrogens is 262 g/mol. The van der Waals surface area contributed by atoms with E-state index >= 15 is 0 Å². The standard InChI is InChI=1S/C15H20ClNO2/c1-9(2)7-14(15(18)19)17-13-6-3-10-8-11(16)4-5-12(10)13/h4-5,8-9,13-14,17H,3,6-7H2,1-2H3,(H,18,19). The fraction of sp³-hybridized carbons (Fsp3) is 0.533. The highest BCUT2D eigenvalue weighted by atomic mass is 35.5. The molecule has 2 atom stereocenters. The zero-order chi connectivity index (χ0) is 14.0. The number of nitrogens with one attached hydrogen (secondary N) is 1. The number of carboxylic acids is 1. The Labute approximate surface area is 119 Å². The number of carbonyl (C=O) groups is 1. The Morgan fingerprint density at radius 3 is 2.89 bits per heavy atom. The predicted molar refractivity (Wildman–Crippen MR) is 76.5 cm³/mol. The van der Waals surface area contributed by atoms with E-state index in [-0.39, 0.29) is 6.04 Å². The summed E-state index contributed by atoms with van der Waals surface area (Å²) in [6, 6.07) is 5.52. The van der Waals surface area contributed by atoms with E-state index in [0.29, 0.717) is 12.3 Å². The molecule has 1 aliphatic carbocycles. The molecule has 0 aromatic heterocycles. The minimum atomic E-state index is -0.767. The first-order chi connectivity index (χ1) is 8.97. The second-order valence-electron chi connectivity index (χ2n) is 5.62. The number of hydrogen-bond donors (Lipinski definition) is 2. The molecule has 0 amide bonds. The van der Waals surface area contributed by atoms with Crippen LogP contribution in [0.15, 0.2) is 18.2 Å². The van der Waals surface area contributed by atoms with Gasteiger partial charge >= 0.3 is 5.97 Å². The third-order valence-corrected chi connectivity index (χ3v) is 3.83. The summed E-state index contributed by atoms with van der Waals surface area (Å²) in [5.74, 6) is -0.407. The molecule has 0 bridgehead atoms. The molecule has 0 radical (unpaired) electrons. The molecule has 0 aliphatic heterocycles. The lowest BCUT2D eigenvalue weighted by Gasteiger charge is -2.22. The Morgan fingerprint density at radius 1 is 1.53 bits per heavy atom. The van der Waals surface area contributed by atoms with Gasteiger partial charge in [-0.15, -0.1) is 0 Å². The van der Waals surface area contributed by atoms with Crippen molar-refractivity contribution in [3.63, 3.8) is 0 Å². The number of halogens is 1. The van der Waals surface area contributed by atoms with Crippen LogP contribution in [-0.2, 0) is 11.2 Å². The van der Waals surface area contributed by atoms with Gasteiger partial charge in [-0.25, -0.2) is 0 Å². The summed E-state index contributed by atoms with van der Waals surface area (Å²) in [7, 11) is 0. The zero-order valence-corrected chi connectivity index (χ0v) is 12.1. The van der Waals surface area contributed by atoms with Crippen molar-refractivity contribution >= 4 is 17.6 Å². The van der Waals surface area contributed by atoms with Crippen LogP contribution >= 0.6 is 11.6 Å². The van der Waals surface area contributed by atoms with Crippen LogP contribution in [0.3, 0.4) is 0 Å². The molecule has 1 aliphatic rings. The quantitative estimate of drug-likeness (QED) is 0.869. The van der Waals surface area contributed by atoms with Gasteiger partial charge in [-0.2, -0.15) is 0 Å². The lowest BCUT2D eigenvalue weighted by molar-refractivity contribution is -0.140. The molecule has 1 aromatic rings. The minimum Gasteiger partial charge on any atom is -0.480 e. The Kier molecular flexibility index (Phi) is 4.48. The minimum absolute atomic E-state index is 0.132. The number of fused-ring (bicyclic) bond motifs is 1. The van der Waals surface area contributed by atoms with E-state index in [2.05, 4.69) is 5.32 Å². The van der Waals surface area contributed by atoms with E-state index in [1.54, 1.807) is 0 Å². The summed E-state index contributed by atoms with van der Waals surface area (Å²) in [6.07, 6.45) is 2.55. The fourth-order valence-electron chi connectivity index (χ4n) is 2.71. The highest BCUT2D eigenvalue weighted by Gasteiger charge is 2.28. The topological polar surface area (TPSA) is 49.3 Å². The van der Waals surface area contributed by atoms with Gasteiger partial charge in [0.25, 0.3) is 0 Å². The van der Waals surface area contributed by atoms with Crippen LogP contribution in [0, 0.1) is 5.92 Å². The first kappa shape index (κ1) is 14.4. The Bertz CT molecular complexity index is 473. The largest absolute Gasteiger partial charge is 0.480 e. The summed E-state index contributed by atoms with van der Waals surface area (Å²) in [5, 5.41) is 13.3. The van der Waals surface area contributed by atoms with Crippen LogP contribution < -0.4 is 5.32 Å². The first-order valence-electron chi connectivity index (χ1n) is 6.74. The Morgan fingerprint density at radius 2 is 2.26 bits per heavy atom. The molecule has 1 aromatic carbocycles. The number of aliphatic carboxylic acids is 1. The van der Waals surface area contributed by atoms with Crippen LogP contribution in [-0.4, -0.2) is 17.1 Å². The van der Waals surface area contributed by atoms with Gasteiger partial charge in [0, 0.05) is 11.1 Å². The smallest absolute Gasteiger partial charge is 0.320 e. The number of carboxylic acid groups (broad SMARTS) is 1. The maximum absolute atomic E-state index is 11.3. The lowest BCUT2D eigenvalue weighted by atomic mass is 10.0. The van der Waals surface area contributed by atoms with Crippen LogP contribution in [0.5, 0.6) is 0 Å². The normalized spacial score (nSPS) is 19.5. The van der Waals surface area contributed by atoms with E-state index in [1.807, 2.05) is 32.0 Å². The van der Waals surface area contributed by atoms with Gasteiger partial charge in [-0.1, -0.05) is 31.5 Å². The van der Waals surface area contributed by atoms with E-state index < -0.39 is 12.0 Å². The maximum Gasteiger partial charge on any atom is 0.320 e. The molecule has 2 N–H and O–H groups in total. The van der Waals surface area contributed by atoms with E-state index in [1.165, 1.54) is 11.1 Å². The molecule has 0 spiro atoms. The number of aryl methyl sites for hydroxylation is 1. The lowest BCUT2D eigenvalue weighted by Crippen LogP contribution is -2.39. The molecule has 4 heteroatoms. The average Bonchev–Trinajstić information content (AvgIpc) is 2.70. The van der Waals surface area contributed by atoms with Gasteiger partial charge in [-0.3, -0.25) is 10.1 Å². The van der Waals surface area contributed by atoms with Crippen LogP contribution in [0.4, 0.5) is 0 Å². The molecule has 0 saturated heterocycles. The van der Waals surface area contributed by atoms with E-state index in [9.17, 15) is 9.90 Å². The molecule has 0 fully saturated rings. The van der Waals surface area contributed by atoms with Gasteiger partial charge in [0.2, 0.25) is 0 Å². The van der Waals surface area contributed by atoms with E-state index in [0.717, 1.165) is 17.9 Å². The van der Waals surface area contributed by atoms with Crippen LogP contribution in [0.25, 0.3) is 0 Å². The van der Waals surface area contributed by atoms with Crippen molar-refractivity contribution in [2.75, 3.05) is 0 Å². The van der Waals surface area contributed by atoms with Crippen LogP contribution in [0.2, 0.25) is 5.02 Å². The number of hydrogen-bond acceptors (Lipinski definition) is 2. The first-order valence-corrected chi connectivity index (χ1v) is 7.12. The van der Waals surface area contributed by atoms with Gasteiger partial charge in [0.05, 0.1) is 0 Å². The molecule has 19 heavy (non-hydrogen) atoms. The van der Waals surface area contributed by atoms with Crippen LogP contribution in [0.1, 0.15) is 43.9 Å². The Hall–Kier alpha value is -1.06. The number of benzene rings is 1. The molecule has 2 rings (SSSR count). The van der Waals surface area contributed by atoms with Gasteiger partial charge in [0.1, 0.15) is 6.04 Å². The molecular formula is C15H20ClNO2. The fourth-order valence-corrected chi connectivity index (χ4v) is 2.91. The summed E-state index contributed by atoms with van der Waals surface area (Å²) < 4.78 is 0. The molecule has 2 unspecified atom stereocenters. The van der Waals surface area contributed by atoms with Crippen molar-refractivity contribution in [1.29, 1.82) is 0 Å². The van der Waals surface area contributed by atoms with Crippen molar-refractivity contribution in [1.82, 2.24) is 5.32 Å². The van der Waals surface area contributed by atoms with Crippen molar-refractivity contribution in [2.45, 2.75) is 45.2 Å². The van der Waals surface area contributed by atoms with Gasteiger partial charge in [0.15, 0.2) is 0 Å². The monoisotopic (exact) mass is 281 g/mol. The summed E-state index contributed by atoms with van der Waals surface area (Å²) >= 11 is 5.98. The second kappa shape index (κ2) is 5.93. The zero-order valence-electron chi connectivity index (χ0n) is 11.3. The molecule has 104 valence electrons. The third kappa shape index (κ3) is 3.48. The van der Waals surface area contributed by atoms with Crippen molar-refractivity contribution in [3.05, 3.63) is 34.3 Å². The van der Waals surface area contributed by atoms with Crippen molar-refractivity contribution in [3.8, 4) is 0 Å². The van der Waals surface area contributed by atoms with Gasteiger partial charge < -0.3 is 5.11 Å². The number of rotatable bonds is 5. The van der Waals surface area contributed by atoms with Crippen molar-refractivity contribution in [2.24, 2.45) is 5.92 Å². The summed E-state index contributed by atoms with van der Waals surface area (Å²) in [5.41, 5.74) is 2.43. The summed E-state index contributed by atoms with van der Waals surface area (Å²) in [4.78, 5) is 11.3. The third-order valence-electron chi connectivity index (χ3n) is 3.59. The van der Waals surface area contributed by atoms with E-state index in [4.69, 9.17) is 11.6 Å². The molecule has 3 nitrogen and oxygen atoms in total. The molecule has 0 saturated carbocycles. The average molecular weight is 282 g/mol. The Balaban J connectivity index is 2.10. The summed E-state index contributed by atoms with van der Waals surface area (Å²) in [6.45, 7) is 4.08. The molecule has 0 heterocycles. The van der Waals surface area contributed by atoms with Gasteiger partial charge in [-0.05, 0) is 48.4 Å². The highest BCUT2D eigenvalue weighted by Crippen LogP contribution is 2.33. The second-order valence-corrected chi connectivity index (χ2v) is 6.06. The maximum atomic E-state index is 11.3. The SMILES string of the molecule is CC(C)CC(NC1CCc2cc(Cl)ccc21)C(=O)O.